The molecule has 0 spiro atoms. The lowest BCUT2D eigenvalue weighted by atomic mass is 10.1. The average Bonchev–Trinajstić information content (AvgIpc) is 2.28. The molecule has 0 saturated heterocycles. The van der Waals surface area contributed by atoms with Gasteiger partial charge in [0.05, 0.1) is 15.2 Å². The number of ketones is 2. The molecule has 0 bridgehead atoms. The molecule has 0 atom stereocenters. The Morgan fingerprint density at radius 1 is 0.545 bits per heavy atom. The van der Waals surface area contributed by atoms with Gasteiger partial charge in [-0.3, -0.25) is 9.59 Å². The van der Waals surface area contributed by atoms with Crippen LogP contribution in [0.25, 0.3) is 0 Å². The highest BCUT2D eigenvalue weighted by atomic mass is 29.3. The Bertz CT molecular complexity index is 518. The van der Waals surface area contributed by atoms with Gasteiger partial charge >= 0.3 is 0 Å². The van der Waals surface area contributed by atoms with Crippen molar-refractivity contribution < 1.29 is 9.59 Å². The quantitative estimate of drug-likeness (QED) is 0.547. The van der Waals surface area contributed by atoms with Crippen molar-refractivity contribution in [3.05, 3.63) is 22.5 Å². The molecule has 0 aromatic rings. The molecule has 6 heteroatoms. The summed E-state index contributed by atoms with van der Waals surface area (Å²) in [5, 5.41) is 1.72. The smallest absolute Gasteiger partial charge is 0.177 e. The van der Waals surface area contributed by atoms with Crippen molar-refractivity contribution >= 4 is 41.9 Å². The van der Waals surface area contributed by atoms with Crippen molar-refractivity contribution in [1.29, 1.82) is 0 Å². The van der Waals surface area contributed by atoms with Crippen LogP contribution in [0.15, 0.2) is 22.5 Å². The molecule has 0 aromatic carbocycles. The monoisotopic (exact) mass is 368 g/mol. The van der Waals surface area contributed by atoms with Crippen molar-refractivity contribution in [3.63, 3.8) is 0 Å². The molecular formula is C16H32O2Si4. The third-order valence-corrected chi connectivity index (χ3v) is 41.3. The van der Waals surface area contributed by atoms with E-state index in [9.17, 15) is 9.59 Å². The highest BCUT2D eigenvalue weighted by Gasteiger charge is 2.47. The number of hydrogen-bond acceptors (Lipinski definition) is 2. The molecule has 2 nitrogen and oxygen atoms in total. The van der Waals surface area contributed by atoms with Crippen LogP contribution in [-0.4, -0.2) is 41.9 Å². The van der Waals surface area contributed by atoms with Gasteiger partial charge in [-0.25, -0.2) is 0 Å². The molecule has 1 aliphatic rings. The Labute approximate surface area is 139 Å². The molecule has 1 aliphatic carbocycles. The van der Waals surface area contributed by atoms with Crippen LogP contribution in [0.1, 0.15) is 0 Å². The van der Waals surface area contributed by atoms with Crippen LogP contribution < -0.4 is 0 Å². The Morgan fingerprint density at radius 3 is 0.955 bits per heavy atom. The van der Waals surface area contributed by atoms with E-state index in [0.717, 1.165) is 10.4 Å². The zero-order chi connectivity index (χ0) is 17.7. The second-order valence-corrected chi connectivity index (χ2v) is 42.7. The second-order valence-electron chi connectivity index (χ2n) is 9.59. The van der Waals surface area contributed by atoms with E-state index in [2.05, 4.69) is 65.5 Å². The minimum atomic E-state index is -1.83. The number of carbonyl (C=O) groups is 2. The molecule has 0 aliphatic heterocycles. The molecule has 1 rings (SSSR count). The van der Waals surface area contributed by atoms with Gasteiger partial charge in [0.1, 0.15) is 0 Å². The fourth-order valence-electron chi connectivity index (χ4n) is 2.34. The standard InChI is InChI=1S/C16H32O2Si4/c1-19(2,3)21(7,8)15-11-14(18)16(12-13(15)17)22(9,10)20(4,5)6/h11-12H,1-10H3. The Balaban J connectivity index is 3.34. The summed E-state index contributed by atoms with van der Waals surface area (Å²) in [6.45, 7) is 22.9. The second kappa shape index (κ2) is 5.65. The Hall–Kier alpha value is -0.312. The topological polar surface area (TPSA) is 34.1 Å². The molecular weight excluding hydrogens is 337 g/mol. The maximum absolute atomic E-state index is 12.8. The predicted molar refractivity (Wildman–Crippen MR) is 108 cm³/mol. The fourth-order valence-corrected chi connectivity index (χ4v) is 12.3. The third-order valence-electron chi connectivity index (χ3n) is 6.18. The van der Waals surface area contributed by atoms with Gasteiger partial charge in [0, 0.05) is 15.2 Å². The maximum Gasteiger partial charge on any atom is 0.177 e. The minimum absolute atomic E-state index is 0.132. The molecule has 0 heterocycles. The van der Waals surface area contributed by atoms with E-state index < -0.39 is 30.4 Å². The van der Waals surface area contributed by atoms with E-state index in [0.29, 0.717) is 0 Å². The zero-order valence-electron chi connectivity index (χ0n) is 16.0. The molecule has 0 amide bonds. The highest BCUT2D eigenvalue weighted by Crippen LogP contribution is 2.34. The van der Waals surface area contributed by atoms with E-state index >= 15 is 0 Å². The number of hydrogen-bond donors (Lipinski definition) is 0. The molecule has 124 valence electrons. The lowest BCUT2D eigenvalue weighted by Crippen LogP contribution is -2.58. The molecule has 0 saturated carbocycles. The van der Waals surface area contributed by atoms with Crippen LogP contribution in [0, 0.1) is 0 Å². The molecule has 0 N–H and O–H groups in total. The summed E-state index contributed by atoms with van der Waals surface area (Å²) in [7, 11) is -6.58. The van der Waals surface area contributed by atoms with Gasteiger partial charge in [0.2, 0.25) is 0 Å². The van der Waals surface area contributed by atoms with Crippen molar-refractivity contribution in [2.45, 2.75) is 65.5 Å². The summed E-state index contributed by atoms with van der Waals surface area (Å²) in [6.07, 6.45) is 3.47. The molecule has 0 fully saturated rings. The molecule has 0 radical (unpaired) electrons. The SMILES string of the molecule is C[Si](C)(C)[Si](C)(C)C1=CC(=O)C([Si](C)(C)[Si](C)(C)C)=CC1=O. The van der Waals surface area contributed by atoms with Crippen LogP contribution in [0.2, 0.25) is 65.5 Å². The summed E-state index contributed by atoms with van der Waals surface area (Å²) < 4.78 is 0. The summed E-state index contributed by atoms with van der Waals surface area (Å²) in [5.41, 5.74) is 0. The van der Waals surface area contributed by atoms with Crippen LogP contribution >= 0.6 is 0 Å². The first-order valence-electron chi connectivity index (χ1n) is 8.06. The average molecular weight is 369 g/mol. The Morgan fingerprint density at radius 2 is 0.773 bits per heavy atom. The predicted octanol–water partition coefficient (Wildman–Crippen LogP) is 4.32. The number of carbonyl (C=O) groups excluding carboxylic acids is 2. The first-order chi connectivity index (χ1) is 9.53. The fraction of sp³-hybridized carbons (Fsp3) is 0.625. The van der Waals surface area contributed by atoms with E-state index in [1.807, 2.05) is 0 Å². The zero-order valence-corrected chi connectivity index (χ0v) is 20.0. The summed E-state index contributed by atoms with van der Waals surface area (Å²) in [4.78, 5) is 25.6. The lowest BCUT2D eigenvalue weighted by molar-refractivity contribution is -0.114. The highest BCUT2D eigenvalue weighted by molar-refractivity contribution is 7.45. The van der Waals surface area contributed by atoms with E-state index in [1.54, 1.807) is 12.2 Å². The minimum Gasteiger partial charge on any atom is -0.290 e. The third kappa shape index (κ3) is 3.29. The summed E-state index contributed by atoms with van der Waals surface area (Å²) >= 11 is 0. The van der Waals surface area contributed by atoms with E-state index in [4.69, 9.17) is 0 Å². The molecule has 22 heavy (non-hydrogen) atoms. The molecule has 0 aromatic heterocycles. The largest absolute Gasteiger partial charge is 0.290 e. The normalized spacial score (nSPS) is 18.3. The van der Waals surface area contributed by atoms with Crippen LogP contribution in [0.3, 0.4) is 0 Å². The van der Waals surface area contributed by atoms with Gasteiger partial charge < -0.3 is 0 Å². The van der Waals surface area contributed by atoms with E-state index in [1.165, 1.54) is 0 Å². The van der Waals surface area contributed by atoms with Gasteiger partial charge in [-0.05, 0) is 22.5 Å². The number of allylic oxidation sites excluding steroid dienone is 4. The van der Waals surface area contributed by atoms with Crippen LogP contribution in [0.4, 0.5) is 0 Å². The van der Waals surface area contributed by atoms with Crippen LogP contribution in [-0.2, 0) is 9.59 Å². The van der Waals surface area contributed by atoms with E-state index in [-0.39, 0.29) is 11.6 Å². The number of rotatable bonds is 4. The van der Waals surface area contributed by atoms with Crippen LogP contribution in [0.5, 0.6) is 0 Å². The van der Waals surface area contributed by atoms with Gasteiger partial charge in [-0.15, -0.1) is 0 Å². The van der Waals surface area contributed by atoms with Crippen molar-refractivity contribution in [1.82, 2.24) is 0 Å². The summed E-state index contributed by atoms with van der Waals surface area (Å²) in [6, 6.07) is 0. The van der Waals surface area contributed by atoms with Crippen molar-refractivity contribution in [2.24, 2.45) is 0 Å². The first-order valence-corrected chi connectivity index (χ1v) is 23.1. The van der Waals surface area contributed by atoms with Gasteiger partial charge in [0.25, 0.3) is 0 Å². The summed E-state index contributed by atoms with van der Waals surface area (Å²) in [5.74, 6) is 0.264. The van der Waals surface area contributed by atoms with Gasteiger partial charge in [0.15, 0.2) is 11.6 Å². The van der Waals surface area contributed by atoms with Gasteiger partial charge in [-0.2, -0.15) is 0 Å². The van der Waals surface area contributed by atoms with Crippen molar-refractivity contribution in [2.75, 3.05) is 0 Å². The lowest BCUT2D eigenvalue weighted by Gasteiger charge is -2.40. The maximum atomic E-state index is 12.8. The Kier molecular flexibility index (Phi) is 5.06. The molecule has 0 unspecified atom stereocenters. The first kappa shape index (κ1) is 19.7. The van der Waals surface area contributed by atoms with Gasteiger partial charge in [-0.1, -0.05) is 65.5 Å². The van der Waals surface area contributed by atoms with Crippen molar-refractivity contribution in [3.8, 4) is 0 Å².